The molecule has 4 heterocycles. The van der Waals surface area contributed by atoms with Crippen molar-refractivity contribution in [3.63, 3.8) is 0 Å². The smallest absolute Gasteiger partial charge is 0.384 e. The fraction of sp³-hybridized carbons (Fsp3) is 0.514. The molecule has 0 spiro atoms. The maximum atomic E-state index is 14.2. The Balaban J connectivity index is 1.30. The third-order valence-electron chi connectivity index (χ3n) is 9.88. The largest absolute Gasteiger partial charge is 0.418 e. The van der Waals surface area contributed by atoms with Gasteiger partial charge in [0.2, 0.25) is 0 Å². The number of hydrogen-bond donors (Lipinski definition) is 1. The summed E-state index contributed by atoms with van der Waals surface area (Å²) < 4.78 is 48.2. The van der Waals surface area contributed by atoms with Gasteiger partial charge in [-0.15, -0.1) is 0 Å². The summed E-state index contributed by atoms with van der Waals surface area (Å²) in [7, 11) is 3.79. The lowest BCUT2D eigenvalue weighted by Gasteiger charge is -2.34. The second-order valence-corrected chi connectivity index (χ2v) is 13.3. The average molecular weight is 619 g/mol. The van der Waals surface area contributed by atoms with E-state index in [2.05, 4.69) is 44.0 Å². The zero-order valence-corrected chi connectivity index (χ0v) is 26.1. The van der Waals surface area contributed by atoms with Gasteiger partial charge in [-0.25, -0.2) is 9.97 Å². The predicted molar refractivity (Wildman–Crippen MR) is 172 cm³/mol. The topological polar surface area (TPSA) is 70.2 Å². The van der Waals surface area contributed by atoms with Gasteiger partial charge < -0.3 is 19.5 Å². The maximum absolute atomic E-state index is 14.2. The molecule has 3 aromatic heterocycles. The summed E-state index contributed by atoms with van der Waals surface area (Å²) in [5.74, 6) is 0.562. The number of H-pyrrole nitrogens is 1. The van der Waals surface area contributed by atoms with Gasteiger partial charge in [-0.05, 0) is 81.3 Å². The molecule has 4 aromatic rings. The molecule has 0 amide bonds. The number of nitrogens with zero attached hydrogens (tertiary/aromatic N) is 5. The number of aromatic nitrogens is 4. The van der Waals surface area contributed by atoms with Crippen LogP contribution in [0.25, 0.3) is 33.8 Å². The molecule has 2 saturated carbocycles. The molecule has 2 aliphatic carbocycles. The van der Waals surface area contributed by atoms with Gasteiger partial charge in [0.05, 0.1) is 29.2 Å². The number of hydrogen-bond acceptors (Lipinski definition) is 6. The first kappa shape index (κ1) is 30.0. The molecule has 1 saturated heterocycles. The van der Waals surface area contributed by atoms with Gasteiger partial charge >= 0.3 is 6.18 Å². The first-order valence-corrected chi connectivity index (χ1v) is 16.3. The van der Waals surface area contributed by atoms with Gasteiger partial charge in [0.1, 0.15) is 11.3 Å². The minimum Gasteiger partial charge on any atom is -0.384 e. The van der Waals surface area contributed by atoms with E-state index >= 15 is 0 Å². The van der Waals surface area contributed by atoms with Gasteiger partial charge in [0, 0.05) is 68.1 Å². The van der Waals surface area contributed by atoms with E-state index < -0.39 is 11.7 Å². The van der Waals surface area contributed by atoms with Crippen LogP contribution in [0.5, 0.6) is 0 Å². The number of nitrogens with one attached hydrogen (secondary N) is 1. The van der Waals surface area contributed by atoms with Crippen molar-refractivity contribution in [2.45, 2.75) is 69.9 Å². The molecule has 238 valence electrons. The van der Waals surface area contributed by atoms with Crippen molar-refractivity contribution in [1.29, 1.82) is 0 Å². The fourth-order valence-corrected chi connectivity index (χ4v) is 7.43. The number of benzene rings is 1. The Morgan fingerprint density at radius 1 is 0.978 bits per heavy atom. The molecule has 7 nitrogen and oxygen atoms in total. The summed E-state index contributed by atoms with van der Waals surface area (Å²) in [6.07, 6.45) is 6.72. The minimum absolute atomic E-state index is 0.0172. The van der Waals surface area contributed by atoms with Crippen LogP contribution in [-0.2, 0) is 10.9 Å². The minimum atomic E-state index is -4.49. The molecule has 10 heteroatoms. The van der Waals surface area contributed by atoms with Crippen LogP contribution in [0.1, 0.15) is 75.0 Å². The SMILES string of the molecule is COCC1(CN(C)c2cc(-c3cnc(C4CC4)c(C(F)(F)F)c3)nc3nc(-c4ccc(N5CCCCC5)cc4)[nH]c23)CCCC1. The number of alkyl halides is 3. The second kappa shape index (κ2) is 11.9. The summed E-state index contributed by atoms with van der Waals surface area (Å²) in [6.45, 7) is 3.56. The number of fused-ring (bicyclic) bond motifs is 1. The van der Waals surface area contributed by atoms with E-state index in [1.165, 1.54) is 37.2 Å². The van der Waals surface area contributed by atoms with E-state index in [4.69, 9.17) is 14.7 Å². The van der Waals surface area contributed by atoms with Crippen molar-refractivity contribution in [3.05, 3.63) is 53.9 Å². The van der Waals surface area contributed by atoms with Crippen LogP contribution in [0, 0.1) is 5.41 Å². The van der Waals surface area contributed by atoms with Gasteiger partial charge in [-0.1, -0.05) is 12.8 Å². The number of ether oxygens (including phenoxy) is 1. The van der Waals surface area contributed by atoms with E-state index in [1.807, 2.05) is 13.1 Å². The van der Waals surface area contributed by atoms with Gasteiger partial charge in [-0.2, -0.15) is 13.2 Å². The van der Waals surface area contributed by atoms with Crippen molar-refractivity contribution in [2.75, 3.05) is 50.2 Å². The molecule has 3 fully saturated rings. The lowest BCUT2D eigenvalue weighted by atomic mass is 9.86. The molecule has 1 aromatic carbocycles. The highest BCUT2D eigenvalue weighted by Crippen LogP contribution is 2.46. The monoisotopic (exact) mass is 618 g/mol. The zero-order valence-electron chi connectivity index (χ0n) is 26.1. The molecule has 3 aliphatic rings. The summed E-state index contributed by atoms with van der Waals surface area (Å²) >= 11 is 0. The predicted octanol–water partition coefficient (Wildman–Crippen LogP) is 8.22. The number of methoxy groups -OCH3 is 1. The summed E-state index contributed by atoms with van der Waals surface area (Å²) in [4.78, 5) is 22.2. The normalized spacial score (nSPS) is 18.6. The third kappa shape index (κ3) is 6.13. The number of anilines is 2. The maximum Gasteiger partial charge on any atom is 0.418 e. The van der Waals surface area contributed by atoms with Crippen LogP contribution >= 0.6 is 0 Å². The van der Waals surface area contributed by atoms with Crippen molar-refractivity contribution >= 4 is 22.5 Å². The Bertz CT molecular complexity index is 1650. The summed E-state index contributed by atoms with van der Waals surface area (Å²) in [5, 5.41) is 0. The molecule has 0 unspecified atom stereocenters. The van der Waals surface area contributed by atoms with Crippen molar-refractivity contribution < 1.29 is 17.9 Å². The first-order valence-electron chi connectivity index (χ1n) is 16.3. The van der Waals surface area contributed by atoms with Crippen LogP contribution in [0.4, 0.5) is 24.5 Å². The number of aromatic amines is 1. The first-order chi connectivity index (χ1) is 21.7. The zero-order chi connectivity index (χ0) is 31.2. The lowest BCUT2D eigenvalue weighted by Crippen LogP contribution is -2.37. The Labute approximate surface area is 262 Å². The molecule has 7 rings (SSSR count). The van der Waals surface area contributed by atoms with Crippen molar-refractivity contribution in [3.8, 4) is 22.6 Å². The standard InChI is InChI=1S/C35H41F3N6O/c1-43(21-34(22-45-2)14-4-5-15-34)29-19-28(25-18-27(35(36,37)38)30(39-20-25)23-8-9-23)40-33-31(29)41-32(42-33)24-10-12-26(13-11-24)44-16-6-3-7-17-44/h10-13,18-20,23H,3-9,14-17,21-22H2,1-2H3,(H,40,41,42). The van der Waals surface area contributed by atoms with Crippen molar-refractivity contribution in [2.24, 2.45) is 5.41 Å². The number of piperidine rings is 1. The molecule has 45 heavy (non-hydrogen) atoms. The Morgan fingerprint density at radius 3 is 2.38 bits per heavy atom. The molecular formula is C35H41F3N6O. The number of pyridine rings is 2. The van der Waals surface area contributed by atoms with Gasteiger partial charge in [0.25, 0.3) is 0 Å². The van der Waals surface area contributed by atoms with E-state index in [0.717, 1.165) is 74.9 Å². The molecule has 1 N–H and O–H groups in total. The second-order valence-electron chi connectivity index (χ2n) is 13.3. The Morgan fingerprint density at radius 2 is 1.71 bits per heavy atom. The Hall–Kier alpha value is -3.66. The van der Waals surface area contributed by atoms with Crippen LogP contribution < -0.4 is 9.80 Å². The average Bonchev–Trinajstić information content (AvgIpc) is 3.64. The van der Waals surface area contributed by atoms with Crippen LogP contribution in [0.15, 0.2) is 42.6 Å². The van der Waals surface area contributed by atoms with E-state index in [-0.39, 0.29) is 17.0 Å². The van der Waals surface area contributed by atoms with Gasteiger partial charge in [0.15, 0.2) is 5.65 Å². The highest BCUT2D eigenvalue weighted by atomic mass is 19.4. The molecule has 0 atom stereocenters. The highest BCUT2D eigenvalue weighted by molar-refractivity contribution is 5.91. The summed E-state index contributed by atoms with van der Waals surface area (Å²) in [6, 6.07) is 11.5. The summed E-state index contributed by atoms with van der Waals surface area (Å²) in [5.41, 5.74) is 4.48. The fourth-order valence-electron chi connectivity index (χ4n) is 7.43. The van der Waals surface area contributed by atoms with E-state index in [1.54, 1.807) is 7.11 Å². The number of rotatable bonds is 9. The van der Waals surface area contributed by atoms with E-state index in [0.29, 0.717) is 29.3 Å². The number of halogens is 3. The molecule has 0 bridgehead atoms. The molecular weight excluding hydrogens is 577 g/mol. The van der Waals surface area contributed by atoms with Crippen LogP contribution in [0.3, 0.4) is 0 Å². The third-order valence-corrected chi connectivity index (χ3v) is 9.88. The van der Waals surface area contributed by atoms with Crippen molar-refractivity contribution in [1.82, 2.24) is 19.9 Å². The molecule has 1 aliphatic heterocycles. The van der Waals surface area contributed by atoms with Gasteiger partial charge in [-0.3, -0.25) is 4.98 Å². The highest BCUT2D eigenvalue weighted by Gasteiger charge is 2.40. The Kier molecular flexibility index (Phi) is 7.96. The van der Waals surface area contributed by atoms with Crippen LogP contribution in [-0.4, -0.2) is 60.3 Å². The number of imidazole rings is 1. The van der Waals surface area contributed by atoms with E-state index in [9.17, 15) is 13.2 Å². The lowest BCUT2D eigenvalue weighted by molar-refractivity contribution is -0.138. The quantitative estimate of drug-likeness (QED) is 0.204. The van der Waals surface area contributed by atoms with Crippen LogP contribution in [0.2, 0.25) is 0 Å². The molecule has 0 radical (unpaired) electrons.